The summed E-state index contributed by atoms with van der Waals surface area (Å²) in [5, 5.41) is 31.9. The maximum Gasteiger partial charge on any atom is 0.209 e. The molecule has 1 fully saturated rings. The van der Waals surface area contributed by atoms with Gasteiger partial charge in [-0.3, -0.25) is 14.4 Å². The van der Waals surface area contributed by atoms with Crippen molar-refractivity contribution in [2.75, 3.05) is 7.11 Å². The van der Waals surface area contributed by atoms with Gasteiger partial charge in [0, 0.05) is 12.7 Å². The van der Waals surface area contributed by atoms with Gasteiger partial charge in [0.05, 0.1) is 0 Å². The van der Waals surface area contributed by atoms with Crippen molar-refractivity contribution in [3.05, 3.63) is 99.2 Å². The third-order valence-corrected chi connectivity index (χ3v) is 9.22. The monoisotopic (exact) mass is 700 g/mol. The first kappa shape index (κ1) is 42.9. The standard InChI is InChI=1S/C44H60O7/c1-29(2)15-11-12-19-34(21-20-33(9)18-13-16-30(3)4)28-43(26-24-32(7)8)40(48)38(39(47)35-22-23-36(45)37(46)27-35)41(49)44(51-10,42(43)50)25-14-17-31(5)6/h15-17,20,22-24,27-28,45-47H,11-14,18-19,21,25-26H2,1-10H3/b33-20+,34-28+,39-38?/t43-,44+/m0/s1. The third-order valence-electron chi connectivity index (χ3n) is 9.22. The minimum atomic E-state index is -2.07. The van der Waals surface area contributed by atoms with Crippen molar-refractivity contribution in [3.63, 3.8) is 0 Å². The number of benzene rings is 1. The highest BCUT2D eigenvalue weighted by Crippen LogP contribution is 2.47. The van der Waals surface area contributed by atoms with Gasteiger partial charge in [0.1, 0.15) is 16.7 Å². The van der Waals surface area contributed by atoms with E-state index < -0.39 is 51.2 Å². The van der Waals surface area contributed by atoms with E-state index in [9.17, 15) is 24.9 Å². The van der Waals surface area contributed by atoms with E-state index in [1.807, 2.05) is 53.7 Å². The summed E-state index contributed by atoms with van der Waals surface area (Å²) >= 11 is 0. The fraction of sp³-hybridized carbons (Fsp3) is 0.477. The van der Waals surface area contributed by atoms with E-state index in [2.05, 4.69) is 39.0 Å². The smallest absolute Gasteiger partial charge is 0.209 e. The van der Waals surface area contributed by atoms with Gasteiger partial charge in [-0.15, -0.1) is 0 Å². The van der Waals surface area contributed by atoms with Crippen molar-refractivity contribution < 1.29 is 34.4 Å². The molecule has 1 aliphatic rings. The number of ether oxygens (including phenoxy) is 1. The lowest BCUT2D eigenvalue weighted by atomic mass is 9.59. The number of methoxy groups -OCH3 is 1. The summed E-state index contributed by atoms with van der Waals surface area (Å²) in [7, 11) is 1.30. The van der Waals surface area contributed by atoms with Crippen LogP contribution in [-0.2, 0) is 19.1 Å². The van der Waals surface area contributed by atoms with Gasteiger partial charge in [0.15, 0.2) is 28.7 Å². The summed E-state index contributed by atoms with van der Waals surface area (Å²) in [6.45, 7) is 17.9. The summed E-state index contributed by atoms with van der Waals surface area (Å²) in [6.07, 6.45) is 16.8. The van der Waals surface area contributed by atoms with Crippen LogP contribution in [0.2, 0.25) is 0 Å². The number of aromatic hydroxyl groups is 2. The number of aliphatic hydroxyl groups excluding tert-OH is 1. The molecule has 278 valence electrons. The van der Waals surface area contributed by atoms with Crippen molar-refractivity contribution in [2.24, 2.45) is 5.41 Å². The van der Waals surface area contributed by atoms with Crippen LogP contribution in [0.1, 0.15) is 126 Å². The third kappa shape index (κ3) is 11.4. The van der Waals surface area contributed by atoms with Crippen LogP contribution in [0.25, 0.3) is 5.76 Å². The van der Waals surface area contributed by atoms with Gasteiger partial charge < -0.3 is 20.1 Å². The van der Waals surface area contributed by atoms with Gasteiger partial charge in [-0.2, -0.15) is 0 Å². The SMILES string of the molecule is CO[C@]1(CCC=C(C)C)C(=O)C(=C(O)c2ccc(O)c(O)c2)C(=O)[C@@](/C=C(/C/C=C(\C)CCC=C(C)C)CCCC=C(C)C)(CC=C(C)C)C1=O. The molecule has 0 radical (unpaired) electrons. The second kappa shape index (κ2) is 19.4. The fourth-order valence-electron chi connectivity index (χ4n) is 6.24. The molecular weight excluding hydrogens is 640 g/mol. The predicted octanol–water partition coefficient (Wildman–Crippen LogP) is 10.7. The Morgan fingerprint density at radius 3 is 1.88 bits per heavy atom. The molecule has 0 saturated heterocycles. The largest absolute Gasteiger partial charge is 0.506 e. The van der Waals surface area contributed by atoms with Crippen molar-refractivity contribution in [2.45, 2.75) is 126 Å². The first-order valence-corrected chi connectivity index (χ1v) is 18.0. The molecule has 2 atom stereocenters. The first-order valence-electron chi connectivity index (χ1n) is 18.0. The maximum absolute atomic E-state index is 15.1. The van der Waals surface area contributed by atoms with Crippen molar-refractivity contribution in [3.8, 4) is 11.5 Å². The van der Waals surface area contributed by atoms with E-state index in [0.29, 0.717) is 19.3 Å². The minimum Gasteiger partial charge on any atom is -0.506 e. The number of carbonyl (C=O) groups is 3. The van der Waals surface area contributed by atoms with E-state index in [0.717, 1.165) is 54.5 Å². The van der Waals surface area contributed by atoms with Gasteiger partial charge in [-0.25, -0.2) is 0 Å². The summed E-state index contributed by atoms with van der Waals surface area (Å²) in [5.41, 5.74) is 1.85. The topological polar surface area (TPSA) is 121 Å². The molecule has 1 aliphatic carbocycles. The number of carbonyl (C=O) groups excluding carboxylic acids is 3. The molecule has 2 rings (SSSR count). The Morgan fingerprint density at radius 1 is 0.725 bits per heavy atom. The molecule has 0 heterocycles. The number of Topliss-reactive ketones (excluding diaryl/α,β-unsaturated/α-hetero) is 3. The fourth-order valence-corrected chi connectivity index (χ4v) is 6.24. The molecule has 1 aromatic rings. The number of rotatable bonds is 17. The van der Waals surface area contributed by atoms with Gasteiger partial charge in [0.2, 0.25) is 5.78 Å². The summed E-state index contributed by atoms with van der Waals surface area (Å²) in [5.74, 6) is -4.04. The molecule has 1 aromatic carbocycles. The Kier molecular flexibility index (Phi) is 16.3. The Bertz CT molecular complexity index is 1660. The van der Waals surface area contributed by atoms with Crippen molar-refractivity contribution >= 4 is 23.1 Å². The summed E-state index contributed by atoms with van der Waals surface area (Å²) in [6, 6.07) is 3.55. The Morgan fingerprint density at radius 2 is 1.31 bits per heavy atom. The van der Waals surface area contributed by atoms with Gasteiger partial charge in [0.25, 0.3) is 0 Å². The molecule has 7 heteroatoms. The van der Waals surface area contributed by atoms with Gasteiger partial charge in [-0.05, 0) is 138 Å². The number of hydrogen-bond donors (Lipinski definition) is 3. The number of allylic oxidation sites excluding steroid dienone is 12. The highest BCUT2D eigenvalue weighted by atomic mass is 16.5. The zero-order valence-electron chi connectivity index (χ0n) is 32.5. The van der Waals surface area contributed by atoms with Crippen LogP contribution in [0.4, 0.5) is 0 Å². The van der Waals surface area contributed by atoms with Crippen molar-refractivity contribution in [1.82, 2.24) is 0 Å². The molecule has 51 heavy (non-hydrogen) atoms. The Labute approximate surface area is 305 Å². The molecule has 0 amide bonds. The van der Waals surface area contributed by atoms with Crippen LogP contribution in [0.5, 0.6) is 11.5 Å². The normalized spacial score (nSPS) is 20.5. The second-order valence-corrected chi connectivity index (χ2v) is 14.8. The average Bonchev–Trinajstić information content (AvgIpc) is 3.05. The van der Waals surface area contributed by atoms with E-state index in [1.54, 1.807) is 6.08 Å². The molecule has 0 aromatic heterocycles. The molecule has 0 spiro atoms. The highest BCUT2D eigenvalue weighted by Gasteiger charge is 2.64. The number of ketones is 3. The van der Waals surface area contributed by atoms with Crippen LogP contribution in [0.15, 0.2) is 93.7 Å². The number of aliphatic hydroxyl groups is 1. The Balaban J connectivity index is 3.01. The van der Waals surface area contributed by atoms with E-state index in [1.165, 1.54) is 29.9 Å². The quantitative estimate of drug-likeness (QED) is 0.0281. The lowest BCUT2D eigenvalue weighted by Gasteiger charge is -2.43. The highest BCUT2D eigenvalue weighted by molar-refractivity contribution is 6.43. The average molecular weight is 701 g/mol. The molecule has 0 aliphatic heterocycles. The van der Waals surface area contributed by atoms with Gasteiger partial charge in [-0.1, -0.05) is 69.9 Å². The summed E-state index contributed by atoms with van der Waals surface area (Å²) in [4.78, 5) is 44.6. The van der Waals surface area contributed by atoms with E-state index in [-0.39, 0.29) is 18.4 Å². The maximum atomic E-state index is 15.1. The molecule has 3 N–H and O–H groups in total. The van der Waals surface area contributed by atoms with E-state index >= 15 is 4.79 Å². The predicted molar refractivity (Wildman–Crippen MR) is 208 cm³/mol. The van der Waals surface area contributed by atoms with E-state index in [4.69, 9.17) is 4.74 Å². The molecule has 1 saturated carbocycles. The molecule has 0 unspecified atom stereocenters. The van der Waals surface area contributed by atoms with Crippen LogP contribution in [0.3, 0.4) is 0 Å². The summed E-state index contributed by atoms with van der Waals surface area (Å²) < 4.78 is 5.93. The van der Waals surface area contributed by atoms with Crippen LogP contribution < -0.4 is 0 Å². The first-order chi connectivity index (χ1) is 23.9. The zero-order valence-corrected chi connectivity index (χ0v) is 32.5. The van der Waals surface area contributed by atoms with Crippen LogP contribution in [0, 0.1) is 5.41 Å². The lowest BCUT2D eigenvalue weighted by molar-refractivity contribution is -0.164. The lowest BCUT2D eigenvalue weighted by Crippen LogP contribution is -2.63. The van der Waals surface area contributed by atoms with Crippen LogP contribution in [-0.4, -0.2) is 45.4 Å². The second-order valence-electron chi connectivity index (χ2n) is 14.8. The van der Waals surface area contributed by atoms with Crippen molar-refractivity contribution in [1.29, 1.82) is 0 Å². The number of phenolic OH excluding ortho intramolecular Hbond substituents is 2. The number of unbranched alkanes of at least 4 members (excludes halogenated alkanes) is 1. The Hall–Kier alpha value is -4.23. The number of hydrogen-bond acceptors (Lipinski definition) is 7. The number of phenols is 2. The van der Waals surface area contributed by atoms with Crippen LogP contribution >= 0.6 is 0 Å². The molecular formula is C44H60O7. The van der Waals surface area contributed by atoms with Gasteiger partial charge >= 0.3 is 0 Å². The zero-order chi connectivity index (χ0) is 38.5. The molecule has 7 nitrogen and oxygen atoms in total. The minimum absolute atomic E-state index is 0.0353. The molecule has 0 bridgehead atoms.